The van der Waals surface area contributed by atoms with E-state index in [0.717, 1.165) is 0 Å². The van der Waals surface area contributed by atoms with Gasteiger partial charge in [-0.25, -0.2) is 0 Å². The van der Waals surface area contributed by atoms with Gasteiger partial charge in [0.05, 0.1) is 0 Å². The van der Waals surface area contributed by atoms with E-state index < -0.39 is 16.8 Å². The van der Waals surface area contributed by atoms with Crippen LogP contribution in [0.4, 0.5) is 0 Å². The summed E-state index contributed by atoms with van der Waals surface area (Å²) in [4.78, 5) is 20.5. The van der Waals surface area contributed by atoms with E-state index in [1.807, 2.05) is 0 Å². The molecule has 0 aromatic rings. The van der Waals surface area contributed by atoms with Crippen molar-refractivity contribution in [3.63, 3.8) is 0 Å². The molecule has 0 fully saturated rings. The van der Waals surface area contributed by atoms with Crippen molar-refractivity contribution in [1.82, 2.24) is 0 Å². The SMILES string of the molecule is C#CCOC(=O)C(Br)CCC(=O)O. The molecule has 0 aromatic heterocycles. The van der Waals surface area contributed by atoms with Gasteiger partial charge in [0.2, 0.25) is 0 Å². The van der Waals surface area contributed by atoms with Crippen molar-refractivity contribution in [1.29, 1.82) is 0 Å². The molecule has 0 heterocycles. The molecule has 0 aliphatic carbocycles. The molecule has 0 radical (unpaired) electrons. The smallest absolute Gasteiger partial charge is 0.320 e. The molecular weight excluding hydrogens is 240 g/mol. The Labute approximate surface area is 84.4 Å². The van der Waals surface area contributed by atoms with Crippen LogP contribution in [-0.2, 0) is 14.3 Å². The number of esters is 1. The van der Waals surface area contributed by atoms with Crippen LogP contribution in [0, 0.1) is 12.3 Å². The van der Waals surface area contributed by atoms with Crippen LogP contribution in [0.3, 0.4) is 0 Å². The van der Waals surface area contributed by atoms with Gasteiger partial charge in [-0.3, -0.25) is 9.59 Å². The average Bonchev–Trinajstić information content (AvgIpc) is 2.10. The van der Waals surface area contributed by atoms with E-state index in [0.29, 0.717) is 0 Å². The molecule has 0 aliphatic heterocycles. The molecule has 1 unspecified atom stereocenters. The van der Waals surface area contributed by atoms with Gasteiger partial charge in [0.15, 0.2) is 6.61 Å². The summed E-state index contributed by atoms with van der Waals surface area (Å²) in [7, 11) is 0. The van der Waals surface area contributed by atoms with E-state index >= 15 is 0 Å². The van der Waals surface area contributed by atoms with E-state index in [1.165, 1.54) is 0 Å². The second-order valence-electron chi connectivity index (χ2n) is 2.21. The minimum absolute atomic E-state index is 0.0823. The van der Waals surface area contributed by atoms with Gasteiger partial charge in [0.25, 0.3) is 0 Å². The van der Waals surface area contributed by atoms with Crippen molar-refractivity contribution in [3.8, 4) is 12.3 Å². The van der Waals surface area contributed by atoms with Crippen molar-refractivity contribution < 1.29 is 19.4 Å². The number of carbonyl (C=O) groups is 2. The van der Waals surface area contributed by atoms with Gasteiger partial charge < -0.3 is 9.84 Å². The van der Waals surface area contributed by atoms with Crippen LogP contribution >= 0.6 is 15.9 Å². The zero-order chi connectivity index (χ0) is 10.3. The average molecular weight is 249 g/mol. The van der Waals surface area contributed by atoms with Gasteiger partial charge in [0.1, 0.15) is 4.83 Å². The lowest BCUT2D eigenvalue weighted by Crippen LogP contribution is -2.18. The highest BCUT2D eigenvalue weighted by Crippen LogP contribution is 2.09. The maximum atomic E-state index is 11.0. The molecule has 1 atom stereocenters. The van der Waals surface area contributed by atoms with Gasteiger partial charge in [-0.15, -0.1) is 6.42 Å². The first-order valence-electron chi connectivity index (χ1n) is 3.54. The van der Waals surface area contributed by atoms with Crippen LogP contribution in [0.5, 0.6) is 0 Å². The number of alkyl halides is 1. The van der Waals surface area contributed by atoms with E-state index in [-0.39, 0.29) is 19.4 Å². The summed E-state index contributed by atoms with van der Waals surface area (Å²) in [5.74, 6) is 0.660. The van der Waals surface area contributed by atoms with Gasteiger partial charge >= 0.3 is 11.9 Å². The van der Waals surface area contributed by atoms with Crippen molar-refractivity contribution >= 4 is 27.9 Å². The number of aliphatic carboxylic acids is 1. The Bertz CT molecular complexity index is 231. The Hall–Kier alpha value is -1.02. The molecule has 0 spiro atoms. The fourth-order valence-electron chi connectivity index (χ4n) is 0.571. The minimum atomic E-state index is -0.950. The van der Waals surface area contributed by atoms with Crippen LogP contribution < -0.4 is 0 Å². The molecule has 0 amide bonds. The van der Waals surface area contributed by atoms with Crippen molar-refractivity contribution in [2.45, 2.75) is 17.7 Å². The summed E-state index contributed by atoms with van der Waals surface area (Å²) in [6.45, 7) is -0.0893. The number of halogens is 1. The summed E-state index contributed by atoms with van der Waals surface area (Å²) in [6, 6.07) is 0. The molecule has 0 saturated heterocycles. The fourth-order valence-corrected chi connectivity index (χ4v) is 0.932. The highest BCUT2D eigenvalue weighted by molar-refractivity contribution is 9.10. The molecular formula is C8H9BrO4. The predicted molar refractivity (Wildman–Crippen MR) is 49.4 cm³/mol. The van der Waals surface area contributed by atoms with Crippen molar-refractivity contribution in [2.75, 3.05) is 6.61 Å². The molecule has 0 aromatic carbocycles. The van der Waals surface area contributed by atoms with Gasteiger partial charge in [-0.2, -0.15) is 0 Å². The van der Waals surface area contributed by atoms with E-state index in [9.17, 15) is 9.59 Å². The van der Waals surface area contributed by atoms with Crippen molar-refractivity contribution in [2.24, 2.45) is 0 Å². The van der Waals surface area contributed by atoms with Crippen LogP contribution in [0.15, 0.2) is 0 Å². The Balaban J connectivity index is 3.70. The summed E-state index contributed by atoms with van der Waals surface area (Å²) >= 11 is 3.00. The van der Waals surface area contributed by atoms with Crippen LogP contribution in [-0.4, -0.2) is 28.5 Å². The number of rotatable bonds is 5. The Morgan fingerprint density at radius 3 is 2.69 bits per heavy atom. The second-order valence-corrected chi connectivity index (χ2v) is 3.32. The van der Waals surface area contributed by atoms with E-state index in [2.05, 4.69) is 26.6 Å². The normalized spacial score (nSPS) is 11.4. The third-order valence-corrected chi connectivity index (χ3v) is 2.00. The molecule has 72 valence electrons. The number of carboxylic acid groups (broad SMARTS) is 1. The summed E-state index contributed by atoms with van der Waals surface area (Å²) in [5, 5.41) is 8.31. The first kappa shape index (κ1) is 12.0. The second kappa shape index (κ2) is 6.49. The molecule has 0 rings (SSSR count). The third kappa shape index (κ3) is 6.17. The number of carboxylic acids is 1. The minimum Gasteiger partial charge on any atom is -0.481 e. The first-order chi connectivity index (χ1) is 6.07. The van der Waals surface area contributed by atoms with Gasteiger partial charge in [-0.1, -0.05) is 21.9 Å². The molecule has 4 nitrogen and oxygen atoms in total. The lowest BCUT2D eigenvalue weighted by atomic mass is 10.2. The molecule has 0 bridgehead atoms. The summed E-state index contributed by atoms with van der Waals surface area (Å²) in [6.07, 6.45) is 4.97. The number of terminal acetylenes is 1. The number of hydrogen-bond acceptors (Lipinski definition) is 3. The maximum Gasteiger partial charge on any atom is 0.320 e. The van der Waals surface area contributed by atoms with Crippen LogP contribution in [0.25, 0.3) is 0 Å². The third-order valence-electron chi connectivity index (χ3n) is 1.17. The Kier molecular flexibility index (Phi) is 5.98. The van der Waals surface area contributed by atoms with Crippen LogP contribution in [0.1, 0.15) is 12.8 Å². The topological polar surface area (TPSA) is 63.6 Å². The van der Waals surface area contributed by atoms with E-state index in [4.69, 9.17) is 11.5 Å². The van der Waals surface area contributed by atoms with Gasteiger partial charge in [0, 0.05) is 6.42 Å². The molecule has 0 saturated carbocycles. The number of ether oxygens (including phenoxy) is 1. The highest BCUT2D eigenvalue weighted by atomic mass is 79.9. The molecule has 0 aliphatic rings. The standard InChI is InChI=1S/C8H9BrO4/c1-2-5-13-8(12)6(9)3-4-7(10)11/h1,6H,3-5H2,(H,10,11). The zero-order valence-electron chi connectivity index (χ0n) is 6.83. The Morgan fingerprint density at radius 2 is 2.23 bits per heavy atom. The monoisotopic (exact) mass is 248 g/mol. The lowest BCUT2D eigenvalue weighted by molar-refractivity contribution is -0.141. The molecule has 13 heavy (non-hydrogen) atoms. The maximum absolute atomic E-state index is 11.0. The zero-order valence-corrected chi connectivity index (χ0v) is 8.41. The number of carbonyl (C=O) groups excluding carboxylic acids is 1. The highest BCUT2D eigenvalue weighted by Gasteiger charge is 2.16. The van der Waals surface area contributed by atoms with Crippen LogP contribution in [0.2, 0.25) is 0 Å². The summed E-state index contributed by atoms with van der Waals surface area (Å²) in [5.41, 5.74) is 0. The predicted octanol–water partition coefficient (Wildman–Crippen LogP) is 0.791. The largest absolute Gasteiger partial charge is 0.481 e. The van der Waals surface area contributed by atoms with Crippen molar-refractivity contribution in [3.05, 3.63) is 0 Å². The molecule has 1 N–H and O–H groups in total. The lowest BCUT2D eigenvalue weighted by Gasteiger charge is -2.05. The number of hydrogen-bond donors (Lipinski definition) is 1. The summed E-state index contributed by atoms with van der Waals surface area (Å²) < 4.78 is 4.57. The fraction of sp³-hybridized carbons (Fsp3) is 0.500. The Morgan fingerprint density at radius 1 is 1.62 bits per heavy atom. The van der Waals surface area contributed by atoms with E-state index in [1.54, 1.807) is 0 Å². The first-order valence-corrected chi connectivity index (χ1v) is 4.45. The molecule has 5 heteroatoms. The van der Waals surface area contributed by atoms with Gasteiger partial charge in [-0.05, 0) is 6.42 Å². The quantitative estimate of drug-likeness (QED) is 0.444.